The van der Waals surface area contributed by atoms with Gasteiger partial charge < -0.3 is 5.73 Å². The molecule has 0 aromatic heterocycles. The summed E-state index contributed by atoms with van der Waals surface area (Å²) in [6.07, 6.45) is 0.831. The molecule has 5 heteroatoms. The lowest BCUT2D eigenvalue weighted by atomic mass is 10.2. The van der Waals surface area contributed by atoms with E-state index in [2.05, 4.69) is 0 Å². The molecule has 0 radical (unpaired) electrons. The maximum Gasteiger partial charge on any atom is 0.140 e. The van der Waals surface area contributed by atoms with E-state index in [0.717, 1.165) is 30.3 Å². The largest absolute Gasteiger partial charge is 0.384 e. The summed E-state index contributed by atoms with van der Waals surface area (Å²) in [7, 11) is 0. The van der Waals surface area contributed by atoms with E-state index in [1.807, 2.05) is 13.8 Å². The van der Waals surface area contributed by atoms with Crippen molar-refractivity contribution in [2.24, 2.45) is 5.73 Å². The second-order valence-corrected chi connectivity index (χ2v) is 4.97. The second kappa shape index (κ2) is 5.30. The maximum absolute atomic E-state index is 13.6. The first-order valence-corrected chi connectivity index (χ1v) is 5.83. The summed E-state index contributed by atoms with van der Waals surface area (Å²) < 4.78 is 27.1. The lowest BCUT2D eigenvalue weighted by Gasteiger charge is -2.11. The number of nitrogens with one attached hydrogen (secondary N) is 1. The molecule has 0 fully saturated rings. The molecule has 0 saturated heterocycles. The SMILES string of the molecule is CCC(C)Sc1c(F)cc(C(=N)N)cc1F. The lowest BCUT2D eigenvalue weighted by Crippen LogP contribution is -2.12. The molecule has 1 rings (SSSR count). The fourth-order valence-corrected chi connectivity index (χ4v) is 2.02. The van der Waals surface area contributed by atoms with Crippen LogP contribution in [0.15, 0.2) is 17.0 Å². The zero-order valence-corrected chi connectivity index (χ0v) is 10.00. The first-order chi connectivity index (χ1) is 7.45. The van der Waals surface area contributed by atoms with Gasteiger partial charge in [0, 0.05) is 10.8 Å². The standard InChI is InChI=1S/C11H14F2N2S/c1-3-6(2)16-10-8(12)4-7(11(14)15)5-9(10)13/h4-6H,3H2,1-2H3,(H3,14,15). The van der Waals surface area contributed by atoms with Gasteiger partial charge in [-0.1, -0.05) is 13.8 Å². The number of rotatable bonds is 4. The van der Waals surface area contributed by atoms with Crippen molar-refractivity contribution in [3.05, 3.63) is 29.3 Å². The number of amidine groups is 1. The second-order valence-electron chi connectivity index (χ2n) is 3.52. The van der Waals surface area contributed by atoms with Crippen molar-refractivity contribution in [3.63, 3.8) is 0 Å². The Morgan fingerprint density at radius 3 is 2.31 bits per heavy atom. The summed E-state index contributed by atoms with van der Waals surface area (Å²) in [5.41, 5.74) is 5.24. The molecule has 1 atom stereocenters. The van der Waals surface area contributed by atoms with E-state index in [1.165, 1.54) is 0 Å². The average Bonchev–Trinajstić information content (AvgIpc) is 2.22. The van der Waals surface area contributed by atoms with E-state index in [4.69, 9.17) is 11.1 Å². The Hall–Kier alpha value is -1.10. The van der Waals surface area contributed by atoms with Gasteiger partial charge in [0.05, 0.1) is 4.90 Å². The highest BCUT2D eigenvalue weighted by Gasteiger charge is 2.15. The lowest BCUT2D eigenvalue weighted by molar-refractivity contribution is 0.539. The summed E-state index contributed by atoms with van der Waals surface area (Å²) >= 11 is 1.16. The molecule has 0 spiro atoms. The van der Waals surface area contributed by atoms with Crippen LogP contribution in [0.25, 0.3) is 0 Å². The Bertz CT molecular complexity index is 384. The molecule has 1 aromatic carbocycles. The molecular weight excluding hydrogens is 230 g/mol. The molecule has 0 aliphatic rings. The van der Waals surface area contributed by atoms with Crippen LogP contribution in [0.5, 0.6) is 0 Å². The first-order valence-electron chi connectivity index (χ1n) is 4.95. The monoisotopic (exact) mass is 244 g/mol. The van der Waals surface area contributed by atoms with Gasteiger partial charge in [0.25, 0.3) is 0 Å². The van der Waals surface area contributed by atoms with Crippen LogP contribution < -0.4 is 5.73 Å². The number of thioether (sulfide) groups is 1. The fourth-order valence-electron chi connectivity index (χ4n) is 1.11. The van der Waals surface area contributed by atoms with Gasteiger partial charge in [0.1, 0.15) is 17.5 Å². The predicted octanol–water partition coefficient (Wildman–Crippen LogP) is 3.14. The number of hydrogen-bond donors (Lipinski definition) is 2. The average molecular weight is 244 g/mol. The van der Waals surface area contributed by atoms with Gasteiger partial charge in [0.15, 0.2) is 0 Å². The summed E-state index contributed by atoms with van der Waals surface area (Å²) in [5, 5.41) is 7.26. The van der Waals surface area contributed by atoms with Gasteiger partial charge in [-0.25, -0.2) is 8.78 Å². The molecule has 1 unspecified atom stereocenters. The third-order valence-electron chi connectivity index (χ3n) is 2.20. The molecule has 0 amide bonds. The molecule has 0 saturated carbocycles. The Morgan fingerprint density at radius 1 is 1.44 bits per heavy atom. The Kier molecular flexibility index (Phi) is 4.29. The van der Waals surface area contributed by atoms with E-state index in [0.29, 0.717) is 0 Å². The van der Waals surface area contributed by atoms with Crippen LogP contribution >= 0.6 is 11.8 Å². The Labute approximate surface area is 97.7 Å². The van der Waals surface area contributed by atoms with Crippen LogP contribution in [0, 0.1) is 17.0 Å². The van der Waals surface area contributed by atoms with Crippen molar-refractivity contribution in [2.75, 3.05) is 0 Å². The minimum atomic E-state index is -0.657. The fraction of sp³-hybridized carbons (Fsp3) is 0.364. The number of hydrogen-bond acceptors (Lipinski definition) is 2. The summed E-state index contributed by atoms with van der Waals surface area (Å²) in [4.78, 5) is -0.000602. The molecule has 0 aliphatic carbocycles. The molecule has 0 aliphatic heterocycles. The van der Waals surface area contributed by atoms with Crippen LogP contribution in [0.4, 0.5) is 8.78 Å². The van der Waals surface area contributed by atoms with Gasteiger partial charge >= 0.3 is 0 Å². The van der Waals surface area contributed by atoms with Gasteiger partial charge in [-0.3, -0.25) is 5.41 Å². The molecule has 1 aromatic rings. The van der Waals surface area contributed by atoms with Crippen molar-refractivity contribution < 1.29 is 8.78 Å². The molecule has 88 valence electrons. The summed E-state index contributed by atoms with van der Waals surface area (Å²) in [6, 6.07) is 2.19. The molecule has 3 N–H and O–H groups in total. The third-order valence-corrected chi connectivity index (χ3v) is 3.56. The van der Waals surface area contributed by atoms with Crippen molar-refractivity contribution in [2.45, 2.75) is 30.4 Å². The zero-order valence-electron chi connectivity index (χ0n) is 9.18. The van der Waals surface area contributed by atoms with Crippen molar-refractivity contribution in [1.29, 1.82) is 5.41 Å². The highest BCUT2D eigenvalue weighted by atomic mass is 32.2. The van der Waals surface area contributed by atoms with Crippen LogP contribution in [0.1, 0.15) is 25.8 Å². The summed E-state index contributed by atoms with van der Waals surface area (Å²) in [5.74, 6) is -1.65. The number of nitrogens with two attached hydrogens (primary N) is 1. The van der Waals surface area contributed by atoms with Gasteiger partial charge in [-0.15, -0.1) is 11.8 Å². The van der Waals surface area contributed by atoms with E-state index in [9.17, 15) is 8.78 Å². The minimum absolute atomic E-state index is 0.000602. The van der Waals surface area contributed by atoms with Crippen LogP contribution in [-0.4, -0.2) is 11.1 Å². The van der Waals surface area contributed by atoms with Gasteiger partial charge in [-0.05, 0) is 18.6 Å². The van der Waals surface area contributed by atoms with Crippen molar-refractivity contribution in [3.8, 4) is 0 Å². The maximum atomic E-state index is 13.6. The van der Waals surface area contributed by atoms with Crippen LogP contribution in [0.3, 0.4) is 0 Å². The van der Waals surface area contributed by atoms with Gasteiger partial charge in [0.2, 0.25) is 0 Å². The molecule has 16 heavy (non-hydrogen) atoms. The van der Waals surface area contributed by atoms with Crippen molar-refractivity contribution >= 4 is 17.6 Å². The highest BCUT2D eigenvalue weighted by Crippen LogP contribution is 2.30. The Balaban J connectivity index is 3.07. The van der Waals surface area contributed by atoms with Crippen LogP contribution in [0.2, 0.25) is 0 Å². The number of nitrogen functional groups attached to an aromatic ring is 1. The van der Waals surface area contributed by atoms with E-state index >= 15 is 0 Å². The van der Waals surface area contributed by atoms with E-state index in [-0.39, 0.29) is 21.5 Å². The number of halogens is 2. The first kappa shape index (κ1) is 13.0. The quantitative estimate of drug-likeness (QED) is 0.485. The Morgan fingerprint density at radius 2 is 1.94 bits per heavy atom. The molecule has 0 heterocycles. The highest BCUT2D eigenvalue weighted by molar-refractivity contribution is 8.00. The predicted molar refractivity (Wildman–Crippen MR) is 63.0 cm³/mol. The zero-order chi connectivity index (χ0) is 12.3. The number of benzene rings is 1. The molecule has 0 bridgehead atoms. The van der Waals surface area contributed by atoms with Crippen LogP contribution in [-0.2, 0) is 0 Å². The van der Waals surface area contributed by atoms with E-state index in [1.54, 1.807) is 0 Å². The minimum Gasteiger partial charge on any atom is -0.384 e. The van der Waals surface area contributed by atoms with E-state index < -0.39 is 11.6 Å². The normalized spacial score (nSPS) is 12.5. The third kappa shape index (κ3) is 2.95. The van der Waals surface area contributed by atoms with Gasteiger partial charge in [-0.2, -0.15) is 0 Å². The smallest absolute Gasteiger partial charge is 0.140 e. The van der Waals surface area contributed by atoms with Crippen molar-refractivity contribution in [1.82, 2.24) is 0 Å². The summed E-state index contributed by atoms with van der Waals surface area (Å²) in [6.45, 7) is 3.86. The topological polar surface area (TPSA) is 49.9 Å². The molecule has 2 nitrogen and oxygen atoms in total. The molecular formula is C11H14F2N2S.